The number of pyridine rings is 1. The van der Waals surface area contributed by atoms with E-state index in [2.05, 4.69) is 21.3 Å². The number of carbonyl (C=O) groups excluding carboxylic acids is 1. The molecule has 1 amide bonds. The highest BCUT2D eigenvalue weighted by Gasteiger charge is 2.34. The molecule has 6 nitrogen and oxygen atoms in total. The van der Waals surface area contributed by atoms with Gasteiger partial charge in [-0.15, -0.1) is 0 Å². The van der Waals surface area contributed by atoms with Crippen molar-refractivity contribution in [1.29, 1.82) is 0 Å². The van der Waals surface area contributed by atoms with Crippen LogP contribution in [0.25, 0.3) is 10.8 Å². The lowest BCUT2D eigenvalue weighted by Crippen LogP contribution is -2.46. The van der Waals surface area contributed by atoms with Crippen LogP contribution in [0.3, 0.4) is 0 Å². The zero-order valence-corrected chi connectivity index (χ0v) is 17.1. The van der Waals surface area contributed by atoms with Crippen LogP contribution in [0, 0.1) is 5.92 Å². The largest absolute Gasteiger partial charge is 0.389 e. The number of hydrogen-bond donors (Lipinski definition) is 2. The molecule has 2 unspecified atom stereocenters. The van der Waals surface area contributed by atoms with Gasteiger partial charge in [0.05, 0.1) is 25.4 Å². The third kappa shape index (κ3) is 3.99. The van der Waals surface area contributed by atoms with Gasteiger partial charge in [-0.2, -0.15) is 0 Å². The molecule has 0 radical (unpaired) electrons. The molecule has 29 heavy (non-hydrogen) atoms. The van der Waals surface area contributed by atoms with Crippen molar-refractivity contribution in [2.75, 3.05) is 31.6 Å². The predicted molar refractivity (Wildman–Crippen MR) is 112 cm³/mol. The van der Waals surface area contributed by atoms with Crippen molar-refractivity contribution in [2.45, 2.75) is 43.7 Å². The monoisotopic (exact) mass is 415 g/mol. The molecule has 2 saturated heterocycles. The van der Waals surface area contributed by atoms with Crippen LogP contribution in [-0.2, 0) is 9.53 Å². The quantitative estimate of drug-likeness (QED) is 0.802. The molecule has 3 fully saturated rings. The summed E-state index contributed by atoms with van der Waals surface area (Å²) in [6.07, 6.45) is 5.35. The second kappa shape index (κ2) is 7.84. The van der Waals surface area contributed by atoms with Gasteiger partial charge in [0.2, 0.25) is 5.91 Å². The molecule has 2 aliphatic heterocycles. The van der Waals surface area contributed by atoms with E-state index >= 15 is 0 Å². The van der Waals surface area contributed by atoms with E-state index in [1.807, 2.05) is 12.1 Å². The summed E-state index contributed by atoms with van der Waals surface area (Å²) in [6, 6.07) is 6.19. The Hall–Kier alpha value is -1.73. The number of amides is 1. The SMILES string of the molecule is O=C(Nc1cc2cc(C3CCN(C4COCC4O)CC3)c(Cl)cc2cn1)C1CC1. The van der Waals surface area contributed by atoms with Crippen molar-refractivity contribution < 1.29 is 14.6 Å². The van der Waals surface area contributed by atoms with Crippen LogP contribution < -0.4 is 5.32 Å². The number of aliphatic hydroxyl groups excluding tert-OH is 1. The van der Waals surface area contributed by atoms with Crippen LogP contribution >= 0.6 is 11.6 Å². The second-order valence-electron chi connectivity index (χ2n) is 8.54. The Morgan fingerprint density at radius 2 is 1.93 bits per heavy atom. The van der Waals surface area contributed by atoms with Gasteiger partial charge in [-0.25, -0.2) is 4.98 Å². The molecule has 7 heteroatoms. The van der Waals surface area contributed by atoms with Gasteiger partial charge >= 0.3 is 0 Å². The second-order valence-corrected chi connectivity index (χ2v) is 8.94. The number of halogens is 1. The van der Waals surface area contributed by atoms with E-state index in [1.54, 1.807) is 6.20 Å². The van der Waals surface area contributed by atoms with E-state index in [4.69, 9.17) is 16.3 Å². The lowest BCUT2D eigenvalue weighted by atomic mass is 9.87. The van der Waals surface area contributed by atoms with Crippen LogP contribution in [0.2, 0.25) is 5.02 Å². The number of rotatable bonds is 4. The van der Waals surface area contributed by atoms with Gasteiger partial charge < -0.3 is 15.2 Å². The number of hydrogen-bond acceptors (Lipinski definition) is 5. The number of fused-ring (bicyclic) bond motifs is 1. The molecular weight excluding hydrogens is 390 g/mol. The molecule has 2 N–H and O–H groups in total. The predicted octanol–water partition coefficient (Wildman–Crippen LogP) is 3.18. The van der Waals surface area contributed by atoms with Crippen LogP contribution in [0.5, 0.6) is 0 Å². The number of piperidine rings is 1. The lowest BCUT2D eigenvalue weighted by Gasteiger charge is -2.36. The molecular formula is C22H26ClN3O3. The third-order valence-corrected chi connectivity index (χ3v) is 6.82. The van der Waals surface area contributed by atoms with Gasteiger partial charge in [0.15, 0.2) is 0 Å². The molecule has 1 aromatic heterocycles. The molecule has 1 saturated carbocycles. The number of nitrogens with zero attached hydrogens (tertiary/aromatic N) is 2. The number of nitrogens with one attached hydrogen (secondary N) is 1. The van der Waals surface area contributed by atoms with Crippen molar-refractivity contribution in [1.82, 2.24) is 9.88 Å². The maximum Gasteiger partial charge on any atom is 0.228 e. The number of anilines is 1. The van der Waals surface area contributed by atoms with E-state index < -0.39 is 0 Å². The molecule has 3 heterocycles. The Kier molecular flexibility index (Phi) is 5.20. The topological polar surface area (TPSA) is 74.7 Å². The molecule has 0 bridgehead atoms. The number of ether oxygens (including phenoxy) is 1. The highest BCUT2D eigenvalue weighted by molar-refractivity contribution is 6.32. The standard InChI is InChI=1S/C22H26ClN3O3/c23-18-8-16-10-24-21(25-22(28)14-1-2-14)9-15(16)7-17(18)13-3-5-26(6-4-13)19-11-29-12-20(19)27/h7-10,13-14,19-20,27H,1-6,11-12H2,(H,24,25,28). The first-order valence-corrected chi connectivity index (χ1v) is 10.9. The van der Waals surface area contributed by atoms with E-state index in [0.29, 0.717) is 24.9 Å². The summed E-state index contributed by atoms with van der Waals surface area (Å²) in [5, 5.41) is 15.8. The maximum absolute atomic E-state index is 12.0. The van der Waals surface area contributed by atoms with Gasteiger partial charge in [-0.3, -0.25) is 9.69 Å². The summed E-state index contributed by atoms with van der Waals surface area (Å²) in [5.41, 5.74) is 1.16. The van der Waals surface area contributed by atoms with Crippen molar-refractivity contribution >= 4 is 34.1 Å². The summed E-state index contributed by atoms with van der Waals surface area (Å²) in [7, 11) is 0. The average molecular weight is 416 g/mol. The number of aliphatic hydroxyl groups is 1. The first-order chi connectivity index (χ1) is 14.1. The number of aromatic nitrogens is 1. The fourth-order valence-corrected chi connectivity index (χ4v) is 4.89. The van der Waals surface area contributed by atoms with Gasteiger partial charge in [0, 0.05) is 22.5 Å². The Morgan fingerprint density at radius 3 is 2.62 bits per heavy atom. The lowest BCUT2D eigenvalue weighted by molar-refractivity contribution is -0.117. The molecule has 2 atom stereocenters. The summed E-state index contributed by atoms with van der Waals surface area (Å²) in [5.74, 6) is 1.21. The smallest absolute Gasteiger partial charge is 0.228 e. The van der Waals surface area contributed by atoms with Crippen LogP contribution in [0.15, 0.2) is 24.4 Å². The zero-order valence-electron chi connectivity index (χ0n) is 16.3. The summed E-state index contributed by atoms with van der Waals surface area (Å²) in [6.45, 7) is 2.92. The van der Waals surface area contributed by atoms with Crippen molar-refractivity contribution in [3.05, 3.63) is 35.0 Å². The third-order valence-electron chi connectivity index (χ3n) is 6.50. The van der Waals surface area contributed by atoms with Crippen molar-refractivity contribution in [3.8, 4) is 0 Å². The Morgan fingerprint density at radius 1 is 1.14 bits per heavy atom. The molecule has 2 aromatic rings. The van der Waals surface area contributed by atoms with Crippen molar-refractivity contribution in [3.63, 3.8) is 0 Å². The zero-order chi connectivity index (χ0) is 20.0. The van der Waals surface area contributed by atoms with Crippen LogP contribution in [0.4, 0.5) is 5.82 Å². The molecule has 154 valence electrons. The molecule has 5 rings (SSSR count). The summed E-state index contributed by atoms with van der Waals surface area (Å²) >= 11 is 6.63. The van der Waals surface area contributed by atoms with Crippen molar-refractivity contribution in [2.24, 2.45) is 5.92 Å². The van der Waals surface area contributed by atoms with Gasteiger partial charge in [-0.1, -0.05) is 11.6 Å². The van der Waals surface area contributed by atoms with Gasteiger partial charge in [0.1, 0.15) is 5.82 Å². The molecule has 3 aliphatic rings. The first-order valence-electron chi connectivity index (χ1n) is 10.5. The van der Waals surface area contributed by atoms with Crippen LogP contribution in [-0.4, -0.2) is 59.3 Å². The first kappa shape index (κ1) is 19.2. The number of carbonyl (C=O) groups is 1. The van der Waals surface area contributed by atoms with Gasteiger partial charge in [-0.05, 0) is 73.8 Å². The van der Waals surface area contributed by atoms with E-state index in [1.165, 1.54) is 0 Å². The minimum atomic E-state index is -0.382. The maximum atomic E-state index is 12.0. The van der Waals surface area contributed by atoms with E-state index in [-0.39, 0.29) is 24.0 Å². The average Bonchev–Trinajstić information content (AvgIpc) is 3.49. The number of benzene rings is 1. The Bertz CT molecular complexity index is 925. The summed E-state index contributed by atoms with van der Waals surface area (Å²) < 4.78 is 5.41. The Balaban J connectivity index is 1.32. The molecule has 1 aromatic carbocycles. The van der Waals surface area contributed by atoms with E-state index in [9.17, 15) is 9.90 Å². The number of likely N-dealkylation sites (tertiary alicyclic amines) is 1. The highest BCUT2D eigenvalue weighted by atomic mass is 35.5. The Labute approximate surface area is 175 Å². The fourth-order valence-electron chi connectivity index (χ4n) is 4.56. The molecule has 0 spiro atoms. The normalized spacial score (nSPS) is 26.1. The highest BCUT2D eigenvalue weighted by Crippen LogP contribution is 2.37. The molecule has 1 aliphatic carbocycles. The minimum Gasteiger partial charge on any atom is -0.389 e. The minimum absolute atomic E-state index is 0.0662. The fraction of sp³-hybridized carbons (Fsp3) is 0.545. The van der Waals surface area contributed by atoms with Gasteiger partial charge in [0.25, 0.3) is 0 Å². The van der Waals surface area contributed by atoms with Crippen LogP contribution in [0.1, 0.15) is 37.2 Å². The van der Waals surface area contributed by atoms with E-state index in [0.717, 1.165) is 60.1 Å². The summed E-state index contributed by atoms with van der Waals surface area (Å²) in [4.78, 5) is 18.8.